The highest BCUT2D eigenvalue weighted by Gasteiger charge is 2.14. The maximum absolute atomic E-state index is 10.6. The molecule has 7 nitrogen and oxygen atoms in total. The van der Waals surface area contributed by atoms with Crippen LogP contribution >= 0.6 is 35.3 Å². The topological polar surface area (TPSA) is 87.4 Å². The minimum Gasteiger partial charge on any atom is -0.386 e. The molecule has 0 saturated heterocycles. The number of aromatic nitrogens is 3. The second-order valence-electron chi connectivity index (χ2n) is 7.95. The number of thiophene rings is 1. The largest absolute Gasteiger partial charge is 0.386 e. The van der Waals surface area contributed by atoms with Crippen molar-refractivity contribution >= 4 is 51.4 Å². The van der Waals surface area contributed by atoms with E-state index in [0.29, 0.717) is 6.54 Å². The van der Waals surface area contributed by atoms with E-state index < -0.39 is 6.10 Å². The Morgan fingerprint density at radius 1 is 1.22 bits per heavy atom. The smallest absolute Gasteiger partial charge is 0.191 e. The van der Waals surface area contributed by atoms with Gasteiger partial charge in [-0.05, 0) is 43.7 Å². The lowest BCUT2D eigenvalue weighted by molar-refractivity contribution is 0.191. The van der Waals surface area contributed by atoms with Crippen molar-refractivity contribution in [2.45, 2.75) is 58.1 Å². The highest BCUT2D eigenvalue weighted by atomic mass is 127. The Kier molecular flexibility index (Phi) is 9.73. The molecule has 3 N–H and O–H groups in total. The zero-order valence-corrected chi connectivity index (χ0v) is 21.7. The first-order valence-corrected chi connectivity index (χ1v) is 12.2. The van der Waals surface area contributed by atoms with Crippen LogP contribution in [0.3, 0.4) is 0 Å². The number of aliphatic hydroxyl groups is 1. The molecule has 174 valence electrons. The summed E-state index contributed by atoms with van der Waals surface area (Å²) in [5.74, 6) is 2.98. The van der Waals surface area contributed by atoms with Crippen molar-refractivity contribution in [2.75, 3.05) is 19.6 Å². The number of halogens is 1. The number of nitrogens with zero attached hydrogens (tertiary/aromatic N) is 4. The van der Waals surface area contributed by atoms with Gasteiger partial charge in [-0.2, -0.15) is 0 Å². The Hall–Kier alpha value is -1.72. The minimum atomic E-state index is -0.598. The predicted octanol–water partition coefficient (Wildman–Crippen LogP) is 4.06. The summed E-state index contributed by atoms with van der Waals surface area (Å²) in [5.41, 5.74) is 0. The van der Waals surface area contributed by atoms with Gasteiger partial charge in [-0.25, -0.2) is 0 Å². The van der Waals surface area contributed by atoms with E-state index in [4.69, 9.17) is 0 Å². The van der Waals surface area contributed by atoms with Crippen molar-refractivity contribution in [1.29, 1.82) is 0 Å². The summed E-state index contributed by atoms with van der Waals surface area (Å²) in [5, 5.41) is 27.2. The molecule has 1 aromatic carbocycles. The third-order valence-electron chi connectivity index (χ3n) is 5.60. The number of hydrogen-bond donors (Lipinski definition) is 3. The number of aryl methyl sites for hydroxylation is 2. The average molecular weight is 569 g/mol. The number of aliphatic hydroxyl groups excluding tert-OH is 1. The molecule has 1 unspecified atom stereocenters. The number of fused-ring (bicyclic) bond motifs is 2. The lowest BCUT2D eigenvalue weighted by Crippen LogP contribution is -2.38. The molecule has 0 aliphatic carbocycles. The molecule has 0 bridgehead atoms. The number of guanidine groups is 1. The van der Waals surface area contributed by atoms with E-state index in [2.05, 4.69) is 48.6 Å². The molecule has 4 rings (SSSR count). The molecule has 1 aliphatic heterocycles. The molecule has 3 heterocycles. The van der Waals surface area contributed by atoms with Crippen molar-refractivity contribution in [3.63, 3.8) is 0 Å². The van der Waals surface area contributed by atoms with Crippen LogP contribution in [0.1, 0.15) is 55.2 Å². The molecule has 0 saturated carbocycles. The third kappa shape index (κ3) is 6.41. The summed E-state index contributed by atoms with van der Waals surface area (Å²) in [4.78, 5) is 5.55. The number of nitrogens with one attached hydrogen (secondary N) is 2. The van der Waals surface area contributed by atoms with Gasteiger partial charge >= 0.3 is 0 Å². The Labute approximate surface area is 210 Å². The van der Waals surface area contributed by atoms with Crippen LogP contribution in [0, 0.1) is 0 Å². The van der Waals surface area contributed by atoms with Crippen LogP contribution in [0.5, 0.6) is 0 Å². The summed E-state index contributed by atoms with van der Waals surface area (Å²) in [6.07, 6.45) is 6.03. The van der Waals surface area contributed by atoms with Crippen LogP contribution in [0.25, 0.3) is 10.1 Å². The SMILES string of the molecule is CCNC(=NCC(O)c1cc2ccccc2s1)NCCCc1nnc2n1CCCCC2.I. The number of benzene rings is 1. The Morgan fingerprint density at radius 3 is 2.94 bits per heavy atom. The number of aliphatic imine (C=N–C) groups is 1. The fourth-order valence-corrected chi connectivity index (χ4v) is 5.00. The van der Waals surface area contributed by atoms with E-state index in [0.717, 1.165) is 61.4 Å². The average Bonchev–Trinajstić information content (AvgIpc) is 3.31. The van der Waals surface area contributed by atoms with Crippen molar-refractivity contribution in [2.24, 2.45) is 4.99 Å². The molecule has 2 aromatic heterocycles. The van der Waals surface area contributed by atoms with Gasteiger partial charge < -0.3 is 20.3 Å². The van der Waals surface area contributed by atoms with E-state index in [1.807, 2.05) is 19.1 Å². The van der Waals surface area contributed by atoms with E-state index in [-0.39, 0.29) is 24.0 Å². The van der Waals surface area contributed by atoms with Gasteiger partial charge in [-0.15, -0.1) is 45.5 Å². The Bertz CT molecular complexity index is 984. The summed E-state index contributed by atoms with van der Waals surface area (Å²) < 4.78 is 3.50. The third-order valence-corrected chi connectivity index (χ3v) is 6.81. The fraction of sp³-hybridized carbons (Fsp3) is 0.522. The molecule has 1 atom stereocenters. The van der Waals surface area contributed by atoms with Gasteiger partial charge in [0.05, 0.1) is 6.54 Å². The monoisotopic (exact) mass is 568 g/mol. The molecule has 9 heteroatoms. The first kappa shape index (κ1) is 24.9. The summed E-state index contributed by atoms with van der Waals surface area (Å²) in [6.45, 7) is 5.01. The quantitative estimate of drug-likeness (QED) is 0.165. The summed E-state index contributed by atoms with van der Waals surface area (Å²) in [6, 6.07) is 10.3. The van der Waals surface area contributed by atoms with E-state index >= 15 is 0 Å². The minimum absolute atomic E-state index is 0. The Balaban J connectivity index is 0.00000289. The molecular formula is C23H33IN6OS. The van der Waals surface area contributed by atoms with Gasteiger partial charge in [-0.1, -0.05) is 24.6 Å². The maximum atomic E-state index is 10.6. The standard InChI is InChI=1S/C23H32N6OS.HI/c1-2-24-23(26-16-18(30)20-15-17-9-5-6-10-19(17)31-20)25-13-8-12-22-28-27-21-11-4-3-7-14-29(21)22;/h5-6,9-10,15,18,30H,2-4,7-8,11-14,16H2,1H3,(H2,24,25,26);1H. The maximum Gasteiger partial charge on any atom is 0.191 e. The second kappa shape index (κ2) is 12.5. The van der Waals surface area contributed by atoms with Crippen LogP contribution in [0.4, 0.5) is 0 Å². The van der Waals surface area contributed by atoms with Crippen LogP contribution < -0.4 is 10.6 Å². The zero-order chi connectivity index (χ0) is 21.5. The molecule has 1 aliphatic rings. The molecule has 0 spiro atoms. The molecule has 32 heavy (non-hydrogen) atoms. The van der Waals surface area contributed by atoms with Crippen LogP contribution in [0.15, 0.2) is 35.3 Å². The highest BCUT2D eigenvalue weighted by molar-refractivity contribution is 14.0. The lowest BCUT2D eigenvalue weighted by atomic mass is 10.2. The van der Waals surface area contributed by atoms with E-state index in [1.54, 1.807) is 11.3 Å². The van der Waals surface area contributed by atoms with Crippen molar-refractivity contribution < 1.29 is 5.11 Å². The van der Waals surface area contributed by atoms with Gasteiger partial charge in [0.15, 0.2) is 5.96 Å². The normalized spacial score (nSPS) is 15.0. The Morgan fingerprint density at radius 2 is 2.09 bits per heavy atom. The fourth-order valence-electron chi connectivity index (χ4n) is 3.96. The van der Waals surface area contributed by atoms with Gasteiger partial charge in [0, 0.05) is 42.1 Å². The number of hydrogen-bond acceptors (Lipinski definition) is 5. The van der Waals surface area contributed by atoms with Crippen molar-refractivity contribution in [1.82, 2.24) is 25.4 Å². The number of rotatable bonds is 8. The van der Waals surface area contributed by atoms with Crippen molar-refractivity contribution in [3.8, 4) is 0 Å². The van der Waals surface area contributed by atoms with Crippen LogP contribution in [0.2, 0.25) is 0 Å². The predicted molar refractivity (Wildman–Crippen MR) is 142 cm³/mol. The molecule has 0 radical (unpaired) electrons. The van der Waals surface area contributed by atoms with Gasteiger partial charge in [0.1, 0.15) is 17.8 Å². The first-order valence-electron chi connectivity index (χ1n) is 11.3. The first-order chi connectivity index (χ1) is 15.2. The van der Waals surface area contributed by atoms with Gasteiger partial charge in [-0.3, -0.25) is 4.99 Å². The second-order valence-corrected chi connectivity index (χ2v) is 9.06. The van der Waals surface area contributed by atoms with Crippen LogP contribution in [-0.2, 0) is 19.4 Å². The molecular weight excluding hydrogens is 535 g/mol. The lowest BCUT2D eigenvalue weighted by Gasteiger charge is -2.13. The molecule has 0 amide bonds. The van der Waals surface area contributed by atoms with E-state index in [1.165, 1.54) is 29.3 Å². The van der Waals surface area contributed by atoms with E-state index in [9.17, 15) is 5.11 Å². The van der Waals surface area contributed by atoms with Gasteiger partial charge in [0.2, 0.25) is 0 Å². The zero-order valence-electron chi connectivity index (χ0n) is 18.6. The summed E-state index contributed by atoms with van der Waals surface area (Å²) in [7, 11) is 0. The van der Waals surface area contributed by atoms with Crippen molar-refractivity contribution in [3.05, 3.63) is 46.9 Å². The molecule has 3 aromatic rings. The van der Waals surface area contributed by atoms with Gasteiger partial charge in [0.25, 0.3) is 0 Å². The molecule has 0 fully saturated rings. The summed E-state index contributed by atoms with van der Waals surface area (Å²) >= 11 is 1.63. The van der Waals surface area contributed by atoms with Crippen LogP contribution in [-0.4, -0.2) is 45.5 Å². The highest BCUT2D eigenvalue weighted by Crippen LogP contribution is 2.29.